The molecule has 0 spiro atoms. The standard InChI is InChI=1S/C13H15FN2OS/c1-13(5-2-6-17-13)8-16-11-7-9(14)3-4-10(11)15-12(16)18/h3-4,7H,2,5-6,8H2,1H3,(H,15,18). The Balaban J connectivity index is 2.08. The number of halogens is 1. The summed E-state index contributed by atoms with van der Waals surface area (Å²) >= 11 is 5.31. The molecule has 0 radical (unpaired) electrons. The van der Waals surface area contributed by atoms with Crippen molar-refractivity contribution in [3.05, 3.63) is 28.8 Å². The van der Waals surface area contributed by atoms with Crippen LogP contribution in [-0.2, 0) is 11.3 Å². The lowest BCUT2D eigenvalue weighted by atomic mass is 10.0. The summed E-state index contributed by atoms with van der Waals surface area (Å²) in [4.78, 5) is 3.10. The molecule has 2 aromatic rings. The largest absolute Gasteiger partial charge is 0.373 e. The Kier molecular flexibility index (Phi) is 2.75. The number of rotatable bonds is 2. The van der Waals surface area contributed by atoms with E-state index >= 15 is 0 Å². The average Bonchev–Trinajstić information content (AvgIpc) is 2.86. The van der Waals surface area contributed by atoms with E-state index in [0.717, 1.165) is 30.5 Å². The molecule has 0 saturated carbocycles. The van der Waals surface area contributed by atoms with Crippen LogP contribution in [0.15, 0.2) is 18.2 Å². The number of hydrogen-bond donors (Lipinski definition) is 1. The molecule has 3 rings (SSSR count). The number of imidazole rings is 1. The van der Waals surface area contributed by atoms with Gasteiger partial charge in [0.05, 0.1) is 23.2 Å². The van der Waals surface area contributed by atoms with Crippen LogP contribution >= 0.6 is 12.2 Å². The monoisotopic (exact) mass is 266 g/mol. The maximum Gasteiger partial charge on any atom is 0.178 e. The molecule has 2 heterocycles. The zero-order valence-corrected chi connectivity index (χ0v) is 11.0. The van der Waals surface area contributed by atoms with Gasteiger partial charge in [0, 0.05) is 6.61 Å². The van der Waals surface area contributed by atoms with Crippen molar-refractivity contribution in [3.63, 3.8) is 0 Å². The highest BCUT2D eigenvalue weighted by Gasteiger charge is 2.30. The maximum atomic E-state index is 13.3. The first kappa shape index (κ1) is 11.9. The van der Waals surface area contributed by atoms with Gasteiger partial charge in [0.1, 0.15) is 5.82 Å². The highest BCUT2D eigenvalue weighted by atomic mass is 32.1. The Morgan fingerprint density at radius 3 is 3.11 bits per heavy atom. The minimum atomic E-state index is -0.247. The first-order valence-electron chi connectivity index (χ1n) is 6.09. The highest BCUT2D eigenvalue weighted by molar-refractivity contribution is 7.71. The van der Waals surface area contributed by atoms with E-state index in [0.29, 0.717) is 11.3 Å². The van der Waals surface area contributed by atoms with Crippen molar-refractivity contribution in [2.45, 2.75) is 31.9 Å². The van der Waals surface area contributed by atoms with Crippen molar-refractivity contribution < 1.29 is 9.13 Å². The lowest BCUT2D eigenvalue weighted by Gasteiger charge is -2.23. The fourth-order valence-corrected chi connectivity index (χ4v) is 2.85. The predicted molar refractivity (Wildman–Crippen MR) is 70.7 cm³/mol. The fourth-order valence-electron chi connectivity index (χ4n) is 2.58. The second kappa shape index (κ2) is 4.17. The maximum absolute atomic E-state index is 13.3. The van der Waals surface area contributed by atoms with Gasteiger partial charge in [-0.25, -0.2) is 4.39 Å². The third-order valence-corrected chi connectivity index (χ3v) is 3.85. The minimum Gasteiger partial charge on any atom is -0.373 e. The molecule has 0 amide bonds. The van der Waals surface area contributed by atoms with E-state index in [1.807, 2.05) is 4.57 Å². The van der Waals surface area contributed by atoms with Crippen LogP contribution < -0.4 is 0 Å². The molecule has 96 valence electrons. The van der Waals surface area contributed by atoms with E-state index < -0.39 is 0 Å². The van der Waals surface area contributed by atoms with Crippen molar-refractivity contribution in [3.8, 4) is 0 Å². The molecule has 1 aliphatic rings. The average molecular weight is 266 g/mol. The predicted octanol–water partition coefficient (Wildman–Crippen LogP) is 3.41. The van der Waals surface area contributed by atoms with Gasteiger partial charge in [0.2, 0.25) is 0 Å². The summed E-state index contributed by atoms with van der Waals surface area (Å²) in [6, 6.07) is 4.67. The Morgan fingerprint density at radius 2 is 2.39 bits per heavy atom. The van der Waals surface area contributed by atoms with E-state index in [1.165, 1.54) is 12.1 Å². The molecule has 1 fully saturated rings. The van der Waals surface area contributed by atoms with Gasteiger partial charge in [-0.15, -0.1) is 0 Å². The molecule has 1 saturated heterocycles. The topological polar surface area (TPSA) is 29.9 Å². The van der Waals surface area contributed by atoms with Crippen LogP contribution in [0.5, 0.6) is 0 Å². The van der Waals surface area contributed by atoms with Gasteiger partial charge in [-0.2, -0.15) is 0 Å². The number of aromatic amines is 1. The summed E-state index contributed by atoms with van der Waals surface area (Å²) in [6.07, 6.45) is 2.08. The molecule has 3 nitrogen and oxygen atoms in total. The number of nitrogens with zero attached hydrogens (tertiary/aromatic N) is 1. The van der Waals surface area contributed by atoms with Crippen molar-refractivity contribution in [1.29, 1.82) is 0 Å². The quantitative estimate of drug-likeness (QED) is 0.844. The van der Waals surface area contributed by atoms with E-state index in [1.54, 1.807) is 6.07 Å². The molecular weight excluding hydrogens is 251 g/mol. The molecule has 1 atom stereocenters. The van der Waals surface area contributed by atoms with E-state index in [2.05, 4.69) is 11.9 Å². The van der Waals surface area contributed by atoms with Gasteiger partial charge in [0.25, 0.3) is 0 Å². The molecule has 1 N–H and O–H groups in total. The van der Waals surface area contributed by atoms with Crippen LogP contribution in [0.25, 0.3) is 11.0 Å². The molecule has 0 aliphatic carbocycles. The minimum absolute atomic E-state index is 0.195. The summed E-state index contributed by atoms with van der Waals surface area (Å²) < 4.78 is 21.7. The summed E-state index contributed by atoms with van der Waals surface area (Å²) in [7, 11) is 0. The molecule has 5 heteroatoms. The highest BCUT2D eigenvalue weighted by Crippen LogP contribution is 2.28. The van der Waals surface area contributed by atoms with Crippen LogP contribution in [0.3, 0.4) is 0 Å². The molecular formula is C13H15FN2OS. The Hall–Kier alpha value is -1.20. The third-order valence-electron chi connectivity index (χ3n) is 3.53. The zero-order valence-electron chi connectivity index (χ0n) is 10.2. The summed E-state index contributed by atoms with van der Waals surface area (Å²) in [5, 5.41) is 0. The van der Waals surface area contributed by atoms with E-state index in [-0.39, 0.29) is 11.4 Å². The zero-order chi connectivity index (χ0) is 12.8. The lowest BCUT2D eigenvalue weighted by Crippen LogP contribution is -2.29. The van der Waals surface area contributed by atoms with Gasteiger partial charge >= 0.3 is 0 Å². The number of H-pyrrole nitrogens is 1. The number of ether oxygens (including phenoxy) is 1. The van der Waals surface area contributed by atoms with Crippen molar-refractivity contribution in [2.24, 2.45) is 0 Å². The summed E-state index contributed by atoms with van der Waals surface area (Å²) in [6.45, 7) is 3.54. The van der Waals surface area contributed by atoms with Crippen LogP contribution in [0, 0.1) is 10.6 Å². The number of nitrogens with one attached hydrogen (secondary N) is 1. The van der Waals surface area contributed by atoms with Crippen molar-refractivity contribution in [1.82, 2.24) is 9.55 Å². The number of fused-ring (bicyclic) bond motifs is 1. The smallest absolute Gasteiger partial charge is 0.178 e. The Morgan fingerprint density at radius 1 is 1.56 bits per heavy atom. The number of benzene rings is 1. The molecule has 18 heavy (non-hydrogen) atoms. The number of hydrogen-bond acceptors (Lipinski definition) is 2. The fraction of sp³-hybridized carbons (Fsp3) is 0.462. The second-order valence-corrected chi connectivity index (χ2v) is 5.47. The molecule has 1 aliphatic heterocycles. The molecule has 1 unspecified atom stereocenters. The van der Waals surface area contributed by atoms with Crippen LogP contribution in [0.4, 0.5) is 4.39 Å². The van der Waals surface area contributed by atoms with E-state index in [4.69, 9.17) is 17.0 Å². The SMILES string of the molecule is CC1(Cn2c(=S)[nH]c3ccc(F)cc32)CCCO1. The van der Waals surface area contributed by atoms with Crippen molar-refractivity contribution >= 4 is 23.3 Å². The molecule has 1 aromatic carbocycles. The van der Waals surface area contributed by atoms with Crippen LogP contribution in [0.2, 0.25) is 0 Å². The summed E-state index contributed by atoms with van der Waals surface area (Å²) in [5.41, 5.74) is 1.47. The van der Waals surface area contributed by atoms with Gasteiger partial charge < -0.3 is 14.3 Å². The van der Waals surface area contributed by atoms with Gasteiger partial charge in [-0.05, 0) is 50.2 Å². The first-order valence-corrected chi connectivity index (χ1v) is 6.50. The van der Waals surface area contributed by atoms with E-state index in [9.17, 15) is 4.39 Å². The van der Waals surface area contributed by atoms with Gasteiger partial charge in [-0.3, -0.25) is 0 Å². The second-order valence-electron chi connectivity index (χ2n) is 5.08. The van der Waals surface area contributed by atoms with Gasteiger partial charge in [0.15, 0.2) is 4.77 Å². The van der Waals surface area contributed by atoms with Crippen LogP contribution in [0.1, 0.15) is 19.8 Å². The first-order chi connectivity index (χ1) is 8.57. The molecule has 0 bridgehead atoms. The van der Waals surface area contributed by atoms with Crippen molar-refractivity contribution in [2.75, 3.05) is 6.61 Å². The number of aromatic nitrogens is 2. The lowest BCUT2D eigenvalue weighted by molar-refractivity contribution is 0.00678. The normalized spacial score (nSPS) is 23.9. The summed E-state index contributed by atoms with van der Waals surface area (Å²) in [5.74, 6) is -0.247. The molecule has 1 aromatic heterocycles. The van der Waals surface area contributed by atoms with Crippen LogP contribution in [-0.4, -0.2) is 21.8 Å². The Labute approximate surface area is 110 Å². The third kappa shape index (κ3) is 1.97. The van der Waals surface area contributed by atoms with Gasteiger partial charge in [-0.1, -0.05) is 0 Å². The Bertz CT molecular complexity index is 640.